The van der Waals surface area contributed by atoms with Crippen molar-refractivity contribution in [2.75, 3.05) is 0 Å². The Morgan fingerprint density at radius 3 is 2.22 bits per heavy atom. The SMILES string of the molecule is Cc1cc(Cc2ccc(S(N)(=O)=O)cc2)n(C)c1C(=O)c1ccc(Cl)cc1. The van der Waals surface area contributed by atoms with E-state index in [2.05, 4.69) is 0 Å². The second-order valence-electron chi connectivity index (χ2n) is 6.43. The molecule has 1 aromatic heterocycles. The van der Waals surface area contributed by atoms with E-state index in [4.69, 9.17) is 16.7 Å². The summed E-state index contributed by atoms with van der Waals surface area (Å²) in [6.45, 7) is 1.90. The van der Waals surface area contributed by atoms with E-state index < -0.39 is 10.0 Å². The standard InChI is InChI=1S/C20H19ClN2O3S/c1-13-11-17(12-14-3-9-18(10-4-14)27(22,25)26)23(2)19(13)20(24)15-5-7-16(21)8-6-15/h3-11H,12H2,1-2H3,(H2,22,25,26). The van der Waals surface area contributed by atoms with Gasteiger partial charge in [0.15, 0.2) is 0 Å². The molecule has 0 fully saturated rings. The number of aryl methyl sites for hydroxylation is 1. The van der Waals surface area contributed by atoms with Gasteiger partial charge in [0.25, 0.3) is 0 Å². The third-order valence-electron chi connectivity index (χ3n) is 4.48. The number of nitrogens with zero attached hydrogens (tertiary/aromatic N) is 1. The number of benzene rings is 2. The van der Waals surface area contributed by atoms with Crippen molar-refractivity contribution in [3.63, 3.8) is 0 Å². The van der Waals surface area contributed by atoms with Crippen LogP contribution in [0, 0.1) is 6.92 Å². The van der Waals surface area contributed by atoms with Crippen molar-refractivity contribution in [1.29, 1.82) is 0 Å². The highest BCUT2D eigenvalue weighted by Gasteiger charge is 2.18. The Balaban J connectivity index is 1.89. The van der Waals surface area contributed by atoms with Crippen molar-refractivity contribution in [2.45, 2.75) is 18.2 Å². The zero-order valence-corrected chi connectivity index (χ0v) is 16.5. The minimum absolute atomic E-state index is 0.0671. The smallest absolute Gasteiger partial charge is 0.238 e. The summed E-state index contributed by atoms with van der Waals surface area (Å²) in [7, 11) is -1.86. The molecule has 3 rings (SSSR count). The largest absolute Gasteiger partial charge is 0.344 e. The summed E-state index contributed by atoms with van der Waals surface area (Å²) in [5, 5.41) is 5.71. The van der Waals surface area contributed by atoms with E-state index in [0.29, 0.717) is 22.7 Å². The summed E-state index contributed by atoms with van der Waals surface area (Å²) in [5.74, 6) is -0.0671. The van der Waals surface area contributed by atoms with Crippen LogP contribution in [0.5, 0.6) is 0 Å². The molecule has 0 saturated heterocycles. The van der Waals surface area contributed by atoms with Crippen molar-refractivity contribution in [1.82, 2.24) is 4.57 Å². The number of aromatic nitrogens is 1. The van der Waals surface area contributed by atoms with Crippen molar-refractivity contribution >= 4 is 27.4 Å². The van der Waals surface area contributed by atoms with Crippen LogP contribution in [0.2, 0.25) is 5.02 Å². The molecule has 3 aromatic rings. The fourth-order valence-corrected chi connectivity index (χ4v) is 3.71. The zero-order chi connectivity index (χ0) is 19.8. The number of hydrogen-bond donors (Lipinski definition) is 1. The Kier molecular flexibility index (Phi) is 5.24. The van der Waals surface area contributed by atoms with Gasteiger partial charge < -0.3 is 4.57 Å². The van der Waals surface area contributed by atoms with Gasteiger partial charge >= 0.3 is 0 Å². The topological polar surface area (TPSA) is 82.2 Å². The summed E-state index contributed by atoms with van der Waals surface area (Å²) in [6, 6.07) is 15.2. The monoisotopic (exact) mass is 402 g/mol. The lowest BCUT2D eigenvalue weighted by Gasteiger charge is -2.09. The molecule has 0 saturated carbocycles. The number of hydrogen-bond acceptors (Lipinski definition) is 3. The Morgan fingerprint density at radius 2 is 1.67 bits per heavy atom. The second kappa shape index (κ2) is 7.31. The average Bonchev–Trinajstić information content (AvgIpc) is 2.88. The van der Waals surface area contributed by atoms with Crippen LogP contribution in [0.3, 0.4) is 0 Å². The van der Waals surface area contributed by atoms with Gasteiger partial charge in [-0.15, -0.1) is 0 Å². The molecule has 0 aliphatic rings. The van der Waals surface area contributed by atoms with E-state index in [0.717, 1.165) is 16.8 Å². The van der Waals surface area contributed by atoms with Crippen molar-refractivity contribution in [3.05, 3.63) is 87.7 Å². The molecule has 27 heavy (non-hydrogen) atoms. The summed E-state index contributed by atoms with van der Waals surface area (Å²) in [5.41, 5.74) is 3.96. The van der Waals surface area contributed by atoms with E-state index in [1.165, 1.54) is 12.1 Å². The normalized spacial score (nSPS) is 11.6. The lowest BCUT2D eigenvalue weighted by molar-refractivity contribution is 0.103. The number of sulfonamides is 1. The Hall–Kier alpha value is -2.41. The van der Waals surface area contributed by atoms with Crippen molar-refractivity contribution in [2.24, 2.45) is 12.2 Å². The van der Waals surface area contributed by atoms with Crippen LogP contribution in [-0.4, -0.2) is 18.8 Å². The first-order valence-electron chi connectivity index (χ1n) is 8.24. The molecule has 0 amide bonds. The second-order valence-corrected chi connectivity index (χ2v) is 8.43. The van der Waals surface area contributed by atoms with E-state index in [9.17, 15) is 13.2 Å². The molecule has 1 heterocycles. The number of carbonyl (C=O) groups excluding carboxylic acids is 1. The van der Waals surface area contributed by atoms with E-state index in [-0.39, 0.29) is 10.7 Å². The molecule has 0 aliphatic heterocycles. The lowest BCUT2D eigenvalue weighted by Crippen LogP contribution is -2.12. The Morgan fingerprint density at radius 1 is 1.07 bits per heavy atom. The number of carbonyl (C=O) groups is 1. The maximum Gasteiger partial charge on any atom is 0.238 e. The van der Waals surface area contributed by atoms with Gasteiger partial charge in [-0.3, -0.25) is 4.79 Å². The maximum absolute atomic E-state index is 12.9. The van der Waals surface area contributed by atoms with Gasteiger partial charge in [0.1, 0.15) is 0 Å². The lowest BCUT2D eigenvalue weighted by atomic mass is 10.1. The third kappa shape index (κ3) is 4.13. The summed E-state index contributed by atoms with van der Waals surface area (Å²) in [6.07, 6.45) is 0.566. The quantitative estimate of drug-likeness (QED) is 0.663. The van der Waals surface area contributed by atoms with Crippen LogP contribution in [0.1, 0.15) is 32.9 Å². The molecule has 5 nitrogen and oxygen atoms in total. The van der Waals surface area contributed by atoms with Gasteiger partial charge in [0, 0.05) is 29.7 Å². The number of rotatable bonds is 5. The zero-order valence-electron chi connectivity index (χ0n) is 14.9. The van der Waals surface area contributed by atoms with Gasteiger partial charge in [-0.1, -0.05) is 23.7 Å². The van der Waals surface area contributed by atoms with Gasteiger partial charge in [-0.2, -0.15) is 0 Å². The van der Waals surface area contributed by atoms with Crippen LogP contribution < -0.4 is 5.14 Å². The molecule has 7 heteroatoms. The number of ketones is 1. The first-order valence-corrected chi connectivity index (χ1v) is 10.2. The fourth-order valence-electron chi connectivity index (χ4n) is 3.07. The molecular formula is C20H19ClN2O3S. The molecular weight excluding hydrogens is 384 g/mol. The van der Waals surface area contributed by atoms with Crippen molar-refractivity contribution in [3.8, 4) is 0 Å². The molecule has 0 unspecified atom stereocenters. The van der Waals surface area contributed by atoms with Crippen LogP contribution in [-0.2, 0) is 23.5 Å². The third-order valence-corrected chi connectivity index (χ3v) is 5.66. The molecule has 0 radical (unpaired) electrons. The molecule has 140 valence electrons. The molecule has 2 N–H and O–H groups in total. The molecule has 0 atom stereocenters. The molecule has 0 aliphatic carbocycles. The highest BCUT2D eigenvalue weighted by molar-refractivity contribution is 7.89. The molecule has 2 aromatic carbocycles. The highest BCUT2D eigenvalue weighted by atomic mass is 35.5. The summed E-state index contributed by atoms with van der Waals surface area (Å²) >= 11 is 5.90. The average molecular weight is 403 g/mol. The number of primary sulfonamides is 1. The maximum atomic E-state index is 12.9. The van der Waals surface area contributed by atoms with Gasteiger partial charge in [0.2, 0.25) is 15.8 Å². The Bertz CT molecular complexity index is 1100. The van der Waals surface area contributed by atoms with Crippen LogP contribution in [0.15, 0.2) is 59.5 Å². The van der Waals surface area contributed by atoms with Gasteiger partial charge in [-0.05, 0) is 60.5 Å². The predicted molar refractivity (Wildman–Crippen MR) is 106 cm³/mol. The summed E-state index contributed by atoms with van der Waals surface area (Å²) in [4.78, 5) is 13.0. The Labute approximate surface area is 163 Å². The number of halogens is 1. The van der Waals surface area contributed by atoms with Crippen LogP contribution in [0.4, 0.5) is 0 Å². The van der Waals surface area contributed by atoms with Crippen LogP contribution in [0.25, 0.3) is 0 Å². The first-order chi connectivity index (χ1) is 12.7. The first kappa shape index (κ1) is 19.4. The highest BCUT2D eigenvalue weighted by Crippen LogP contribution is 2.22. The van der Waals surface area contributed by atoms with Gasteiger partial charge in [-0.25, -0.2) is 13.6 Å². The van der Waals surface area contributed by atoms with E-state index in [1.807, 2.05) is 24.6 Å². The van der Waals surface area contributed by atoms with Crippen LogP contribution >= 0.6 is 11.6 Å². The molecule has 0 bridgehead atoms. The van der Waals surface area contributed by atoms with Gasteiger partial charge in [0.05, 0.1) is 10.6 Å². The minimum atomic E-state index is -3.71. The minimum Gasteiger partial charge on any atom is -0.344 e. The fraction of sp³-hybridized carbons (Fsp3) is 0.150. The van der Waals surface area contributed by atoms with E-state index in [1.54, 1.807) is 36.4 Å². The summed E-state index contributed by atoms with van der Waals surface area (Å²) < 4.78 is 24.6. The molecule has 0 spiro atoms. The van der Waals surface area contributed by atoms with Crippen molar-refractivity contribution < 1.29 is 13.2 Å². The van der Waals surface area contributed by atoms with E-state index >= 15 is 0 Å². The number of nitrogens with two attached hydrogens (primary N) is 1. The predicted octanol–water partition coefficient (Wildman–Crippen LogP) is 3.46.